The van der Waals surface area contributed by atoms with E-state index in [1.807, 2.05) is 16.9 Å². The molecule has 0 atom stereocenters. The average molecular weight is 453 g/mol. The van der Waals surface area contributed by atoms with Crippen LogP contribution in [0.4, 0.5) is 0 Å². The molecular weight excluding hydrogens is 442 g/mol. The summed E-state index contributed by atoms with van der Waals surface area (Å²) in [5, 5.41) is 4.65. The summed E-state index contributed by atoms with van der Waals surface area (Å²) in [6.45, 7) is 4.12. The van der Waals surface area contributed by atoms with Crippen LogP contribution in [-0.2, 0) is 13.1 Å². The second kappa shape index (κ2) is 4.81. The predicted molar refractivity (Wildman–Crippen MR) is 69.4 cm³/mol. The molecule has 0 N–H and O–H groups in total. The van der Waals surface area contributed by atoms with Gasteiger partial charge in [-0.25, -0.2) is 0 Å². The van der Waals surface area contributed by atoms with Crippen LogP contribution in [0.15, 0.2) is 24.5 Å². The van der Waals surface area contributed by atoms with E-state index in [0.717, 1.165) is 24.5 Å². The fraction of sp³-hybridized carbons (Fsp3) is 0.273. The second-order valence-corrected chi connectivity index (χ2v) is 8.21. The zero-order chi connectivity index (χ0) is 11.8. The van der Waals surface area contributed by atoms with E-state index in [9.17, 15) is 0 Å². The number of halogens is 2. The molecule has 1 aliphatic heterocycles. The van der Waals surface area contributed by atoms with Gasteiger partial charge in [0.2, 0.25) is 0 Å². The van der Waals surface area contributed by atoms with Gasteiger partial charge in [-0.3, -0.25) is 0 Å². The van der Waals surface area contributed by atoms with Gasteiger partial charge in [0.15, 0.2) is 0 Å². The summed E-state index contributed by atoms with van der Waals surface area (Å²) in [6.07, 6.45) is 3.94. The number of fused-ring (bicyclic) bond motifs is 1. The summed E-state index contributed by atoms with van der Waals surface area (Å²) < 4.78 is 4.40. The van der Waals surface area contributed by atoms with Gasteiger partial charge in [0.1, 0.15) is 0 Å². The molecule has 3 rings (SSSR count). The van der Waals surface area contributed by atoms with Crippen LogP contribution in [0.1, 0.15) is 16.8 Å². The molecule has 6 heteroatoms. The van der Waals surface area contributed by atoms with Crippen LogP contribution in [0.5, 0.6) is 0 Å². The van der Waals surface area contributed by atoms with E-state index < -0.39 is 0 Å². The van der Waals surface area contributed by atoms with E-state index in [2.05, 4.69) is 51.0 Å². The molecule has 3 heterocycles. The van der Waals surface area contributed by atoms with Crippen LogP contribution in [0.2, 0.25) is 0 Å². The van der Waals surface area contributed by atoms with Gasteiger partial charge >= 0.3 is 121 Å². The Morgan fingerprint density at radius 3 is 3.00 bits per heavy atom. The molecule has 1 aliphatic rings. The fourth-order valence-electron chi connectivity index (χ4n) is 1.98. The quantitative estimate of drug-likeness (QED) is 0.444. The minimum atomic E-state index is 0.149. The molecule has 4 nitrogen and oxygen atoms in total. The number of pyridine rings is 1. The first-order valence-corrected chi connectivity index (χ1v) is 12.5. The maximum absolute atomic E-state index is 4.65. The van der Waals surface area contributed by atoms with E-state index in [-0.39, 0.29) is 17.5 Å². The van der Waals surface area contributed by atoms with Gasteiger partial charge in [-0.05, 0) is 0 Å². The molecule has 0 aromatic carbocycles. The summed E-state index contributed by atoms with van der Waals surface area (Å²) in [4.78, 5) is 4.39. The van der Waals surface area contributed by atoms with Crippen LogP contribution in [-0.4, -0.2) is 17.9 Å². The van der Waals surface area contributed by atoms with E-state index >= 15 is 0 Å². The third-order valence-corrected chi connectivity index (χ3v) is 7.49. The Morgan fingerprint density at radius 2 is 2.29 bits per heavy atom. The molecule has 0 saturated carbocycles. The Labute approximate surface area is 120 Å². The Morgan fingerprint density at radius 1 is 1.41 bits per heavy atom. The van der Waals surface area contributed by atoms with Crippen LogP contribution >= 0.6 is 18.6 Å². The predicted octanol–water partition coefficient (Wildman–Crippen LogP) is -0.755. The molecular formula is C11H11I2N4-. The third kappa shape index (κ3) is 2.22. The zero-order valence-corrected chi connectivity index (χ0v) is 13.6. The van der Waals surface area contributed by atoms with Crippen molar-refractivity contribution >= 4 is 18.6 Å². The SMILES string of the molecule is Cc1cccnc1-n1cc2c(n1)CN([I-]I)C2. The molecule has 0 saturated heterocycles. The Balaban J connectivity index is 1.96. The van der Waals surface area contributed by atoms with Gasteiger partial charge in [-0.15, -0.1) is 0 Å². The van der Waals surface area contributed by atoms with Crippen molar-refractivity contribution in [1.82, 2.24) is 17.9 Å². The molecule has 2 aromatic rings. The Hall–Kier alpha value is -0.220. The number of hydrogen-bond acceptors (Lipinski definition) is 3. The Bertz CT molecular complexity index is 529. The van der Waals surface area contributed by atoms with Crippen molar-refractivity contribution in [2.24, 2.45) is 0 Å². The average Bonchev–Trinajstić information content (AvgIpc) is 2.86. The monoisotopic (exact) mass is 453 g/mol. The standard InChI is InChI=1S/C11H11I2N4/c1-8-3-2-4-14-11(8)17-6-9-5-16(13-12)7-10(9)15-17/h2-4,6H,5,7H2,1H3/q-1. The first kappa shape index (κ1) is 11.8. The van der Waals surface area contributed by atoms with Crippen molar-refractivity contribution in [3.63, 3.8) is 0 Å². The van der Waals surface area contributed by atoms with Crippen LogP contribution < -0.4 is 17.5 Å². The van der Waals surface area contributed by atoms with Gasteiger partial charge in [-0.2, -0.15) is 0 Å². The van der Waals surface area contributed by atoms with Crippen molar-refractivity contribution in [2.45, 2.75) is 20.0 Å². The number of rotatable bonds is 2. The molecule has 0 bridgehead atoms. The third-order valence-electron chi connectivity index (χ3n) is 2.83. The normalized spacial score (nSPS) is 15.4. The minimum absolute atomic E-state index is 0.149. The van der Waals surface area contributed by atoms with E-state index in [1.54, 1.807) is 0 Å². The van der Waals surface area contributed by atoms with E-state index in [0.29, 0.717) is 0 Å². The molecule has 2 aromatic heterocycles. The van der Waals surface area contributed by atoms with Crippen molar-refractivity contribution < 1.29 is 17.5 Å². The number of aryl methyl sites for hydroxylation is 1. The zero-order valence-electron chi connectivity index (χ0n) is 9.27. The van der Waals surface area contributed by atoms with Crippen molar-refractivity contribution in [3.8, 4) is 5.82 Å². The van der Waals surface area contributed by atoms with Gasteiger partial charge < -0.3 is 0 Å². The van der Waals surface area contributed by atoms with E-state index in [1.165, 1.54) is 11.3 Å². The maximum atomic E-state index is 4.65. The summed E-state index contributed by atoms with van der Waals surface area (Å²) in [7, 11) is 0. The Kier molecular flexibility index (Phi) is 3.35. The molecule has 0 fully saturated rings. The number of hydrogen-bond donors (Lipinski definition) is 0. The first-order chi connectivity index (χ1) is 8.28. The van der Waals surface area contributed by atoms with Gasteiger partial charge in [-0.1, -0.05) is 0 Å². The van der Waals surface area contributed by atoms with Crippen LogP contribution in [0.25, 0.3) is 5.82 Å². The van der Waals surface area contributed by atoms with Crippen molar-refractivity contribution in [1.29, 1.82) is 0 Å². The van der Waals surface area contributed by atoms with Gasteiger partial charge in [0, 0.05) is 0 Å². The second-order valence-electron chi connectivity index (χ2n) is 4.03. The van der Waals surface area contributed by atoms with Crippen molar-refractivity contribution in [3.05, 3.63) is 41.3 Å². The van der Waals surface area contributed by atoms with Gasteiger partial charge in [0.25, 0.3) is 0 Å². The fourth-order valence-corrected chi connectivity index (χ4v) is 4.66. The van der Waals surface area contributed by atoms with Gasteiger partial charge in [0.05, 0.1) is 0 Å². The van der Waals surface area contributed by atoms with E-state index in [4.69, 9.17) is 0 Å². The van der Waals surface area contributed by atoms with Crippen LogP contribution in [0, 0.1) is 6.92 Å². The molecule has 90 valence electrons. The molecule has 0 aliphatic carbocycles. The molecule has 0 unspecified atom stereocenters. The molecule has 0 amide bonds. The summed E-state index contributed by atoms with van der Waals surface area (Å²) in [5.41, 5.74) is 3.73. The number of nitrogens with zero attached hydrogens (tertiary/aromatic N) is 4. The number of aromatic nitrogens is 3. The topological polar surface area (TPSA) is 34.0 Å². The summed E-state index contributed by atoms with van der Waals surface area (Å²) in [6, 6.07) is 4.02. The molecule has 17 heavy (non-hydrogen) atoms. The summed E-state index contributed by atoms with van der Waals surface area (Å²) >= 11 is 2.65. The molecule has 0 spiro atoms. The first-order valence-electron chi connectivity index (χ1n) is 5.28. The summed E-state index contributed by atoms with van der Waals surface area (Å²) in [5.74, 6) is 0.942. The van der Waals surface area contributed by atoms with Crippen LogP contribution in [0.3, 0.4) is 0 Å². The van der Waals surface area contributed by atoms with Crippen molar-refractivity contribution in [2.75, 3.05) is 0 Å². The molecule has 0 radical (unpaired) electrons.